The minimum absolute atomic E-state index is 0.0464. The Labute approximate surface area is 93.7 Å². The molecule has 2 aromatic rings. The van der Waals surface area contributed by atoms with Gasteiger partial charge in [0.2, 0.25) is 0 Å². The van der Waals surface area contributed by atoms with E-state index in [1.165, 1.54) is 18.4 Å². The van der Waals surface area contributed by atoms with Gasteiger partial charge in [-0.05, 0) is 23.7 Å². The molecule has 2 rings (SSSR count). The van der Waals surface area contributed by atoms with Crippen molar-refractivity contribution in [3.63, 3.8) is 0 Å². The number of rotatable bonds is 1. The summed E-state index contributed by atoms with van der Waals surface area (Å²) >= 11 is 5.46. The van der Waals surface area contributed by atoms with Crippen LogP contribution in [0.4, 0.5) is 13.2 Å². The van der Waals surface area contributed by atoms with Crippen molar-refractivity contribution in [1.82, 2.24) is 4.98 Å². The van der Waals surface area contributed by atoms with E-state index >= 15 is 0 Å². The quantitative estimate of drug-likeness (QED) is 0.761. The molecule has 0 radical (unpaired) electrons. The van der Waals surface area contributed by atoms with Crippen LogP contribution in [-0.2, 0) is 6.18 Å². The zero-order chi connectivity index (χ0) is 11.8. The maximum Gasteiger partial charge on any atom is 0.416 e. The first-order chi connectivity index (χ1) is 7.47. The lowest BCUT2D eigenvalue weighted by Crippen LogP contribution is -2.03. The third-order valence-electron chi connectivity index (χ3n) is 1.98. The smallest absolute Gasteiger partial charge is 0.416 e. The average Bonchev–Trinajstić information content (AvgIpc) is 2.64. The lowest BCUT2D eigenvalue weighted by Gasteiger charge is -2.06. The second-order valence-electron chi connectivity index (χ2n) is 3.06. The first kappa shape index (κ1) is 11.0. The molecule has 0 aliphatic heterocycles. The van der Waals surface area contributed by atoms with Crippen LogP contribution >= 0.6 is 11.6 Å². The van der Waals surface area contributed by atoms with E-state index < -0.39 is 11.7 Å². The molecule has 0 aliphatic rings. The minimum Gasteiger partial charge on any atom is -0.436 e. The zero-order valence-electron chi connectivity index (χ0n) is 7.75. The van der Waals surface area contributed by atoms with Gasteiger partial charge in [-0.1, -0.05) is 12.1 Å². The summed E-state index contributed by atoms with van der Waals surface area (Å²) in [4.78, 5) is 3.79. The molecule has 0 atom stereocenters. The zero-order valence-corrected chi connectivity index (χ0v) is 8.51. The molecular formula is C10H5ClF3NO. The van der Waals surface area contributed by atoms with Crippen LogP contribution in [0.1, 0.15) is 5.56 Å². The van der Waals surface area contributed by atoms with Crippen LogP contribution in [0.3, 0.4) is 0 Å². The highest BCUT2D eigenvalue weighted by molar-refractivity contribution is 6.27. The van der Waals surface area contributed by atoms with Gasteiger partial charge in [0.15, 0.2) is 0 Å². The highest BCUT2D eigenvalue weighted by Gasteiger charge is 2.30. The Hall–Kier alpha value is -1.49. The SMILES string of the molecule is FC(F)(F)c1ccc(-c2coc(Cl)n2)cc1. The van der Waals surface area contributed by atoms with Gasteiger partial charge in [0.1, 0.15) is 12.0 Å². The molecule has 0 spiro atoms. The Balaban J connectivity index is 2.33. The summed E-state index contributed by atoms with van der Waals surface area (Å²) in [5.41, 5.74) is 0.216. The third kappa shape index (κ3) is 2.19. The Kier molecular flexibility index (Phi) is 2.63. The van der Waals surface area contributed by atoms with Gasteiger partial charge in [-0.2, -0.15) is 18.2 Å². The van der Waals surface area contributed by atoms with Gasteiger partial charge in [0.25, 0.3) is 5.35 Å². The van der Waals surface area contributed by atoms with E-state index in [0.29, 0.717) is 11.3 Å². The summed E-state index contributed by atoms with van der Waals surface area (Å²) in [7, 11) is 0. The number of hydrogen-bond acceptors (Lipinski definition) is 2. The van der Waals surface area contributed by atoms with E-state index in [1.54, 1.807) is 0 Å². The second-order valence-corrected chi connectivity index (χ2v) is 3.38. The van der Waals surface area contributed by atoms with Gasteiger partial charge in [0.05, 0.1) is 5.56 Å². The van der Waals surface area contributed by atoms with Gasteiger partial charge < -0.3 is 4.42 Å². The Morgan fingerprint density at radius 1 is 1.12 bits per heavy atom. The molecule has 0 amide bonds. The fourth-order valence-corrected chi connectivity index (χ4v) is 1.35. The number of nitrogens with zero attached hydrogens (tertiary/aromatic N) is 1. The van der Waals surface area contributed by atoms with Crippen LogP contribution in [0.5, 0.6) is 0 Å². The summed E-state index contributed by atoms with van der Waals surface area (Å²) in [5.74, 6) is 0. The normalized spacial score (nSPS) is 11.8. The maximum absolute atomic E-state index is 12.3. The van der Waals surface area contributed by atoms with Gasteiger partial charge >= 0.3 is 6.18 Å². The molecule has 16 heavy (non-hydrogen) atoms. The van der Waals surface area contributed by atoms with Gasteiger partial charge in [0, 0.05) is 5.56 Å². The number of hydrogen-bond donors (Lipinski definition) is 0. The number of benzene rings is 1. The van der Waals surface area contributed by atoms with Crippen molar-refractivity contribution in [3.8, 4) is 11.3 Å². The van der Waals surface area contributed by atoms with E-state index in [9.17, 15) is 13.2 Å². The minimum atomic E-state index is -4.33. The molecule has 2 nitrogen and oxygen atoms in total. The molecule has 0 saturated heterocycles. The average molecular weight is 248 g/mol. The van der Waals surface area contributed by atoms with E-state index in [1.807, 2.05) is 0 Å². The number of halogens is 4. The molecule has 0 aliphatic carbocycles. The second kappa shape index (κ2) is 3.83. The van der Waals surface area contributed by atoms with Crippen molar-refractivity contribution in [3.05, 3.63) is 41.4 Å². The van der Waals surface area contributed by atoms with Gasteiger partial charge in [-0.15, -0.1) is 0 Å². The highest BCUT2D eigenvalue weighted by Crippen LogP contribution is 2.30. The van der Waals surface area contributed by atoms with Crippen LogP contribution in [0.25, 0.3) is 11.3 Å². The number of aromatic nitrogens is 1. The van der Waals surface area contributed by atoms with Crippen molar-refractivity contribution >= 4 is 11.6 Å². The van der Waals surface area contributed by atoms with Gasteiger partial charge in [-0.25, -0.2) is 0 Å². The first-order valence-electron chi connectivity index (χ1n) is 4.25. The maximum atomic E-state index is 12.3. The number of oxazole rings is 1. The Morgan fingerprint density at radius 3 is 2.19 bits per heavy atom. The highest BCUT2D eigenvalue weighted by atomic mass is 35.5. The molecule has 0 unspecified atom stereocenters. The van der Waals surface area contributed by atoms with Crippen molar-refractivity contribution in [2.24, 2.45) is 0 Å². The van der Waals surface area contributed by atoms with Crippen LogP contribution in [0.2, 0.25) is 5.35 Å². The van der Waals surface area contributed by atoms with Crippen molar-refractivity contribution in [1.29, 1.82) is 0 Å². The summed E-state index contributed by atoms with van der Waals surface area (Å²) < 4.78 is 41.6. The van der Waals surface area contributed by atoms with Crippen molar-refractivity contribution in [2.75, 3.05) is 0 Å². The fraction of sp³-hybridized carbons (Fsp3) is 0.100. The predicted octanol–water partition coefficient (Wildman–Crippen LogP) is 4.01. The van der Waals surface area contributed by atoms with E-state index in [0.717, 1.165) is 12.1 Å². The predicted molar refractivity (Wildman–Crippen MR) is 52.0 cm³/mol. The van der Waals surface area contributed by atoms with E-state index in [2.05, 4.69) is 4.98 Å². The standard InChI is InChI=1S/C10H5ClF3NO/c11-9-15-8(5-16-9)6-1-3-7(4-2-6)10(12,13)14/h1-5H. The summed E-state index contributed by atoms with van der Waals surface area (Å²) in [6, 6.07) is 4.60. The molecule has 1 aromatic carbocycles. The summed E-state index contributed by atoms with van der Waals surface area (Å²) in [6.45, 7) is 0. The van der Waals surface area contributed by atoms with Crippen molar-refractivity contribution < 1.29 is 17.6 Å². The molecule has 1 heterocycles. The molecule has 6 heteroatoms. The van der Waals surface area contributed by atoms with E-state index in [-0.39, 0.29) is 5.35 Å². The molecule has 1 aromatic heterocycles. The monoisotopic (exact) mass is 247 g/mol. The Morgan fingerprint density at radius 2 is 1.75 bits per heavy atom. The Bertz CT molecular complexity index is 490. The molecule has 0 bridgehead atoms. The first-order valence-corrected chi connectivity index (χ1v) is 4.63. The van der Waals surface area contributed by atoms with Gasteiger partial charge in [-0.3, -0.25) is 0 Å². The van der Waals surface area contributed by atoms with Crippen LogP contribution in [0, 0.1) is 0 Å². The lowest BCUT2D eigenvalue weighted by molar-refractivity contribution is -0.137. The molecule has 0 fully saturated rings. The molecule has 0 saturated carbocycles. The topological polar surface area (TPSA) is 26.0 Å². The lowest BCUT2D eigenvalue weighted by atomic mass is 10.1. The van der Waals surface area contributed by atoms with Crippen LogP contribution in [0.15, 0.2) is 34.9 Å². The van der Waals surface area contributed by atoms with Crippen molar-refractivity contribution in [2.45, 2.75) is 6.18 Å². The number of alkyl halides is 3. The fourth-order valence-electron chi connectivity index (χ4n) is 1.21. The third-order valence-corrected chi connectivity index (χ3v) is 2.16. The van der Waals surface area contributed by atoms with E-state index in [4.69, 9.17) is 16.0 Å². The molecule has 84 valence electrons. The van der Waals surface area contributed by atoms with Crippen LogP contribution in [-0.4, -0.2) is 4.98 Å². The summed E-state index contributed by atoms with van der Waals surface area (Å²) in [6.07, 6.45) is -3.05. The molecular weight excluding hydrogens is 243 g/mol. The largest absolute Gasteiger partial charge is 0.436 e. The van der Waals surface area contributed by atoms with Crippen LogP contribution < -0.4 is 0 Å². The summed E-state index contributed by atoms with van der Waals surface area (Å²) in [5, 5.41) is -0.0464. The molecule has 0 N–H and O–H groups in total.